The lowest BCUT2D eigenvalue weighted by atomic mass is 9.97. The molecule has 0 saturated carbocycles. The second-order valence-electron chi connectivity index (χ2n) is 10.5. The minimum Gasteiger partial charge on any atom is -0.508 e. The van der Waals surface area contributed by atoms with Gasteiger partial charge in [0.2, 0.25) is 11.8 Å². The average Bonchev–Trinajstić information content (AvgIpc) is 2.80. The van der Waals surface area contributed by atoms with Crippen molar-refractivity contribution in [2.24, 2.45) is 5.92 Å². The van der Waals surface area contributed by atoms with Crippen molar-refractivity contribution in [2.45, 2.75) is 92.3 Å². The van der Waals surface area contributed by atoms with Crippen LogP contribution in [0, 0.1) is 12.8 Å². The van der Waals surface area contributed by atoms with E-state index in [0.29, 0.717) is 17.5 Å². The number of aromatic hydroxyl groups is 1. The molecule has 0 aliphatic carbocycles. The Morgan fingerprint density at radius 2 is 1.76 bits per heavy atom. The Hall–Kier alpha value is -3.30. The van der Waals surface area contributed by atoms with Gasteiger partial charge in [-0.25, -0.2) is 4.79 Å². The van der Waals surface area contributed by atoms with E-state index in [1.165, 1.54) is 11.0 Å². The van der Waals surface area contributed by atoms with Crippen LogP contribution in [0.5, 0.6) is 5.75 Å². The predicted octanol–water partition coefficient (Wildman–Crippen LogP) is 3.99. The molecule has 38 heavy (non-hydrogen) atoms. The van der Waals surface area contributed by atoms with E-state index in [-0.39, 0.29) is 37.8 Å². The lowest BCUT2D eigenvalue weighted by Gasteiger charge is -2.35. The molecule has 0 fully saturated rings. The van der Waals surface area contributed by atoms with Gasteiger partial charge in [-0.05, 0) is 70.2 Å². The first-order chi connectivity index (χ1) is 17.7. The maximum absolute atomic E-state index is 14.0. The number of phenolic OH excluding ortho intramolecular Hbond substituents is 1. The van der Waals surface area contributed by atoms with Crippen molar-refractivity contribution >= 4 is 23.9 Å². The van der Waals surface area contributed by atoms with Crippen molar-refractivity contribution < 1.29 is 33.8 Å². The van der Waals surface area contributed by atoms with Crippen molar-refractivity contribution in [3.8, 4) is 5.75 Å². The molecule has 0 aliphatic rings. The van der Waals surface area contributed by atoms with Crippen LogP contribution < -0.4 is 10.6 Å². The fourth-order valence-corrected chi connectivity index (χ4v) is 3.76. The SMILES string of the molecule is CCCCN(C(=O)C(NC(=O)OC(C)(C)C)C(C)C)C(C(=O)NCCC(=O)OCC)c1ccc(O)c(C)c1. The molecule has 2 atom stereocenters. The number of nitrogens with one attached hydrogen (secondary N) is 2. The number of benzene rings is 1. The molecule has 1 rings (SSSR count). The van der Waals surface area contributed by atoms with E-state index < -0.39 is 41.6 Å². The van der Waals surface area contributed by atoms with Crippen LogP contribution in [0.25, 0.3) is 0 Å². The van der Waals surface area contributed by atoms with Gasteiger partial charge in [0.15, 0.2) is 0 Å². The third-order valence-corrected chi connectivity index (χ3v) is 5.67. The topological polar surface area (TPSA) is 134 Å². The molecule has 0 aromatic heterocycles. The molecule has 1 aromatic carbocycles. The van der Waals surface area contributed by atoms with Crippen LogP contribution in [0.3, 0.4) is 0 Å². The van der Waals surface area contributed by atoms with E-state index in [1.807, 2.05) is 6.92 Å². The van der Waals surface area contributed by atoms with Crippen molar-refractivity contribution in [3.05, 3.63) is 29.3 Å². The number of esters is 1. The summed E-state index contributed by atoms with van der Waals surface area (Å²) in [5, 5.41) is 15.5. The normalized spacial score (nSPS) is 12.9. The van der Waals surface area contributed by atoms with E-state index in [2.05, 4.69) is 10.6 Å². The van der Waals surface area contributed by atoms with E-state index in [1.54, 1.807) is 60.6 Å². The van der Waals surface area contributed by atoms with E-state index in [9.17, 15) is 24.3 Å². The van der Waals surface area contributed by atoms with Gasteiger partial charge in [-0.2, -0.15) is 0 Å². The van der Waals surface area contributed by atoms with Gasteiger partial charge < -0.3 is 30.1 Å². The van der Waals surface area contributed by atoms with Crippen molar-refractivity contribution in [3.63, 3.8) is 0 Å². The number of rotatable bonds is 13. The summed E-state index contributed by atoms with van der Waals surface area (Å²) in [4.78, 5) is 53.3. The van der Waals surface area contributed by atoms with E-state index >= 15 is 0 Å². The Kier molecular flexibility index (Phi) is 13.1. The van der Waals surface area contributed by atoms with Crippen LogP contribution in [0.4, 0.5) is 4.79 Å². The highest BCUT2D eigenvalue weighted by atomic mass is 16.6. The molecular weight excluding hydrogens is 490 g/mol. The number of carbonyl (C=O) groups excluding carboxylic acids is 4. The molecule has 3 N–H and O–H groups in total. The van der Waals surface area contributed by atoms with Crippen molar-refractivity contribution in [2.75, 3.05) is 19.7 Å². The molecule has 0 saturated heterocycles. The second kappa shape index (κ2) is 15.2. The first-order valence-corrected chi connectivity index (χ1v) is 13.2. The fourth-order valence-electron chi connectivity index (χ4n) is 3.76. The van der Waals surface area contributed by atoms with Crippen LogP contribution in [0.1, 0.15) is 84.9 Å². The lowest BCUT2D eigenvalue weighted by Crippen LogP contribution is -2.55. The minimum atomic E-state index is -1.06. The van der Waals surface area contributed by atoms with Gasteiger partial charge in [-0.3, -0.25) is 14.4 Å². The molecule has 10 nitrogen and oxygen atoms in total. The monoisotopic (exact) mass is 535 g/mol. The highest BCUT2D eigenvalue weighted by Gasteiger charge is 2.37. The maximum Gasteiger partial charge on any atom is 0.408 e. The summed E-state index contributed by atoms with van der Waals surface area (Å²) in [5.74, 6) is -1.59. The molecule has 0 aliphatic heterocycles. The Balaban J connectivity index is 3.42. The van der Waals surface area contributed by atoms with Gasteiger partial charge in [0, 0.05) is 13.1 Å². The van der Waals surface area contributed by atoms with Crippen LogP contribution in [0.2, 0.25) is 0 Å². The van der Waals surface area contributed by atoms with Crippen LogP contribution in [0.15, 0.2) is 18.2 Å². The highest BCUT2D eigenvalue weighted by Crippen LogP contribution is 2.28. The Bertz CT molecular complexity index is 956. The number of nitrogens with zero attached hydrogens (tertiary/aromatic N) is 1. The maximum atomic E-state index is 14.0. The molecule has 0 heterocycles. The van der Waals surface area contributed by atoms with Gasteiger partial charge in [0.05, 0.1) is 13.0 Å². The predicted molar refractivity (Wildman–Crippen MR) is 144 cm³/mol. The largest absolute Gasteiger partial charge is 0.508 e. The minimum absolute atomic E-state index is 0.0152. The third-order valence-electron chi connectivity index (χ3n) is 5.67. The van der Waals surface area contributed by atoms with Gasteiger partial charge in [-0.1, -0.05) is 33.3 Å². The van der Waals surface area contributed by atoms with Gasteiger partial charge in [0.1, 0.15) is 23.4 Å². The van der Waals surface area contributed by atoms with E-state index in [0.717, 1.165) is 6.42 Å². The number of ether oxygens (including phenoxy) is 2. The number of unbranched alkanes of at least 4 members (excludes halogenated alkanes) is 1. The van der Waals surface area contributed by atoms with E-state index in [4.69, 9.17) is 9.47 Å². The number of alkyl carbamates (subject to hydrolysis) is 1. The standard InChI is InChI=1S/C28H45N3O7/c1-9-11-16-31(26(35)23(18(3)4)30-27(36)38-28(6,7)8)24(20-12-13-21(32)19(5)17-20)25(34)29-15-14-22(33)37-10-2/h12-13,17-18,23-24,32H,9-11,14-16H2,1-8H3,(H,29,34)(H,30,36). The Morgan fingerprint density at radius 3 is 2.29 bits per heavy atom. The summed E-state index contributed by atoms with van der Waals surface area (Å²) in [6.45, 7) is 14.7. The first kappa shape index (κ1) is 32.7. The summed E-state index contributed by atoms with van der Waals surface area (Å²) in [7, 11) is 0. The zero-order valence-corrected chi connectivity index (χ0v) is 24.1. The van der Waals surface area contributed by atoms with Crippen LogP contribution >= 0.6 is 0 Å². The molecule has 2 unspecified atom stereocenters. The Morgan fingerprint density at radius 1 is 1.11 bits per heavy atom. The molecule has 0 spiro atoms. The van der Waals surface area contributed by atoms with Crippen molar-refractivity contribution in [1.29, 1.82) is 0 Å². The zero-order valence-electron chi connectivity index (χ0n) is 24.1. The number of phenols is 1. The van der Waals surface area contributed by atoms with Crippen LogP contribution in [-0.4, -0.2) is 65.2 Å². The van der Waals surface area contributed by atoms with Gasteiger partial charge >= 0.3 is 12.1 Å². The zero-order chi connectivity index (χ0) is 29.0. The number of hydrogen-bond donors (Lipinski definition) is 3. The average molecular weight is 536 g/mol. The second-order valence-corrected chi connectivity index (χ2v) is 10.5. The molecule has 0 bridgehead atoms. The molecule has 0 radical (unpaired) electrons. The smallest absolute Gasteiger partial charge is 0.408 e. The third kappa shape index (κ3) is 10.6. The molecule has 1 aromatic rings. The summed E-state index contributed by atoms with van der Waals surface area (Å²) in [5.41, 5.74) is 0.293. The van der Waals surface area contributed by atoms with Gasteiger partial charge in [0.25, 0.3) is 0 Å². The molecule has 3 amide bonds. The quantitative estimate of drug-likeness (QED) is 0.325. The highest BCUT2D eigenvalue weighted by molar-refractivity contribution is 5.92. The van der Waals surface area contributed by atoms with Crippen molar-refractivity contribution in [1.82, 2.24) is 15.5 Å². The number of amides is 3. The number of aryl methyl sites for hydroxylation is 1. The molecule has 10 heteroatoms. The van der Waals surface area contributed by atoms with Gasteiger partial charge in [-0.15, -0.1) is 0 Å². The lowest BCUT2D eigenvalue weighted by molar-refractivity contribution is -0.144. The summed E-state index contributed by atoms with van der Waals surface area (Å²) < 4.78 is 10.3. The Labute approximate surface area is 226 Å². The summed E-state index contributed by atoms with van der Waals surface area (Å²) in [6, 6.07) is 2.72. The summed E-state index contributed by atoms with van der Waals surface area (Å²) >= 11 is 0. The molecular formula is C28H45N3O7. The first-order valence-electron chi connectivity index (χ1n) is 13.2. The summed E-state index contributed by atoms with van der Waals surface area (Å²) in [6.07, 6.45) is 0.642. The molecule has 214 valence electrons. The number of hydrogen-bond acceptors (Lipinski definition) is 7. The number of carbonyl (C=O) groups is 4. The fraction of sp³-hybridized carbons (Fsp3) is 0.643. The van der Waals surface area contributed by atoms with Crippen LogP contribution in [-0.2, 0) is 23.9 Å².